The Morgan fingerprint density at radius 2 is 1.35 bits per heavy atom. The third-order valence-corrected chi connectivity index (χ3v) is 6.81. The van der Waals surface area contributed by atoms with Crippen LogP contribution in [0.4, 0.5) is 13.2 Å². The van der Waals surface area contributed by atoms with Crippen molar-refractivity contribution in [2.75, 3.05) is 6.61 Å². The van der Waals surface area contributed by atoms with Gasteiger partial charge in [0.15, 0.2) is 6.61 Å². The number of carbonyl (C=O) groups is 5. The summed E-state index contributed by atoms with van der Waals surface area (Å²) in [6, 6.07) is 12.1. The molecule has 2 aromatic carbocycles. The van der Waals surface area contributed by atoms with Crippen LogP contribution in [0.2, 0.25) is 0 Å². The lowest BCUT2D eigenvalue weighted by atomic mass is 10.0. The Kier molecular flexibility index (Phi) is 14.5. The van der Waals surface area contributed by atoms with E-state index in [0.29, 0.717) is 11.3 Å². The van der Waals surface area contributed by atoms with Crippen molar-refractivity contribution in [2.45, 2.75) is 76.5 Å². The van der Waals surface area contributed by atoms with E-state index in [-0.39, 0.29) is 13.0 Å². The van der Waals surface area contributed by atoms with Gasteiger partial charge in [-0.2, -0.15) is 13.2 Å². The van der Waals surface area contributed by atoms with Crippen molar-refractivity contribution in [3.8, 4) is 5.75 Å². The van der Waals surface area contributed by atoms with Crippen molar-refractivity contribution in [2.24, 2.45) is 11.7 Å². The summed E-state index contributed by atoms with van der Waals surface area (Å²) < 4.78 is 43.4. The van der Waals surface area contributed by atoms with Crippen molar-refractivity contribution in [1.29, 1.82) is 0 Å². The van der Waals surface area contributed by atoms with Crippen LogP contribution in [0, 0.1) is 5.92 Å². The Balaban J connectivity index is 2.10. The average Bonchev–Trinajstić information content (AvgIpc) is 3.00. The molecule has 7 N–H and O–H groups in total. The molecule has 0 aliphatic heterocycles. The minimum absolute atomic E-state index is 0.00186. The van der Waals surface area contributed by atoms with Crippen molar-refractivity contribution >= 4 is 29.5 Å². The molecule has 2 rings (SSSR count). The largest absolute Gasteiger partial charge is 0.484 e. The highest BCUT2D eigenvalue weighted by atomic mass is 19.4. The maximum Gasteiger partial charge on any atom is 0.414 e. The van der Waals surface area contributed by atoms with E-state index in [0.717, 1.165) is 0 Å². The van der Waals surface area contributed by atoms with Gasteiger partial charge in [-0.25, -0.2) is 0 Å². The van der Waals surface area contributed by atoms with Gasteiger partial charge in [0.05, 0.1) is 0 Å². The molecule has 2 aromatic rings. The number of alkyl halides is 3. The Hall–Kier alpha value is -4.66. The van der Waals surface area contributed by atoms with Crippen LogP contribution in [0.3, 0.4) is 0 Å². The minimum Gasteiger partial charge on any atom is -0.484 e. The predicted octanol–water partition coefficient (Wildman–Crippen LogP) is 1.11. The van der Waals surface area contributed by atoms with Crippen LogP contribution < -0.4 is 31.7 Å². The predicted molar refractivity (Wildman–Crippen MR) is 161 cm³/mol. The molecule has 46 heavy (non-hydrogen) atoms. The second-order valence-corrected chi connectivity index (χ2v) is 11.0. The fourth-order valence-corrected chi connectivity index (χ4v) is 4.19. The van der Waals surface area contributed by atoms with Gasteiger partial charge in [-0.05, 0) is 43.4 Å². The average molecular weight is 652 g/mol. The number of rotatable bonds is 17. The van der Waals surface area contributed by atoms with E-state index < -0.39 is 84.7 Å². The quantitative estimate of drug-likeness (QED) is 0.148. The Morgan fingerprint density at radius 1 is 0.783 bits per heavy atom. The molecule has 0 fully saturated rings. The second-order valence-electron chi connectivity index (χ2n) is 11.0. The van der Waals surface area contributed by atoms with E-state index in [1.54, 1.807) is 74.5 Å². The first-order chi connectivity index (χ1) is 21.6. The Labute approximate surface area is 264 Å². The van der Waals surface area contributed by atoms with Gasteiger partial charge in [0.25, 0.3) is 5.91 Å². The fraction of sp³-hybridized carbons (Fsp3) is 0.452. The number of nitrogens with one attached hydrogen (secondary N) is 4. The molecular formula is C31H40F3N5O7. The number of para-hydroxylation sites is 1. The van der Waals surface area contributed by atoms with Gasteiger partial charge in [-0.15, -0.1) is 0 Å². The maximum atomic E-state index is 13.4. The normalized spacial score (nSPS) is 14.6. The first-order valence-electron chi connectivity index (χ1n) is 14.5. The zero-order valence-electron chi connectivity index (χ0n) is 25.7. The number of ether oxygens (including phenoxy) is 1. The van der Waals surface area contributed by atoms with Crippen LogP contribution in [-0.4, -0.2) is 77.7 Å². The molecule has 252 valence electrons. The summed E-state index contributed by atoms with van der Waals surface area (Å²) in [5.74, 6) is -4.04. The summed E-state index contributed by atoms with van der Waals surface area (Å²) in [4.78, 5) is 63.8. The first-order valence-corrected chi connectivity index (χ1v) is 14.5. The Bertz CT molecular complexity index is 1310. The smallest absolute Gasteiger partial charge is 0.414 e. The molecule has 0 spiro atoms. The molecule has 0 heterocycles. The summed E-state index contributed by atoms with van der Waals surface area (Å²) in [5, 5.41) is 19.1. The number of hydrogen-bond acceptors (Lipinski definition) is 7. The molecule has 12 nitrogen and oxygen atoms in total. The molecule has 0 saturated heterocycles. The lowest BCUT2D eigenvalue weighted by Crippen LogP contribution is -2.59. The molecular weight excluding hydrogens is 611 g/mol. The molecule has 0 saturated carbocycles. The lowest BCUT2D eigenvalue weighted by Gasteiger charge is -2.26. The van der Waals surface area contributed by atoms with Gasteiger partial charge in [0.1, 0.15) is 36.0 Å². The van der Waals surface area contributed by atoms with E-state index in [2.05, 4.69) is 21.3 Å². The summed E-state index contributed by atoms with van der Waals surface area (Å²) >= 11 is 0. The molecule has 0 aliphatic rings. The number of carbonyl (C=O) groups excluding carboxylic acids is 5. The van der Waals surface area contributed by atoms with Gasteiger partial charge >= 0.3 is 6.18 Å². The van der Waals surface area contributed by atoms with E-state index in [4.69, 9.17) is 10.5 Å². The van der Waals surface area contributed by atoms with Crippen molar-refractivity contribution < 1.29 is 47.0 Å². The SMILES string of the molecule is CC(C)[C@H](NC(=O)COc1ccccc1)C(=O)N[C@@H](Cc1ccccc1)C(=O)N[C@@H](C)C(=O)NC(CCC(O)C(F)(F)F)C(N)=O. The molecule has 2 unspecified atom stereocenters. The van der Waals surface area contributed by atoms with Crippen LogP contribution in [0.1, 0.15) is 39.2 Å². The second kappa shape index (κ2) is 17.7. The minimum atomic E-state index is -4.92. The van der Waals surface area contributed by atoms with Crippen LogP contribution in [0.25, 0.3) is 0 Å². The monoisotopic (exact) mass is 651 g/mol. The van der Waals surface area contributed by atoms with E-state index in [1.165, 1.54) is 6.92 Å². The summed E-state index contributed by atoms with van der Waals surface area (Å²) in [7, 11) is 0. The lowest BCUT2D eigenvalue weighted by molar-refractivity contribution is -0.206. The zero-order valence-corrected chi connectivity index (χ0v) is 25.7. The standard InChI is InChI=1S/C31H40F3N5O7/c1-18(2)26(39-25(41)17-46-21-12-8-5-9-13-21)30(45)38-23(16-20-10-6-4-7-11-20)29(44)36-19(3)28(43)37-22(27(35)42)14-15-24(40)31(32,33)34/h4-13,18-19,22-24,26,40H,14-17H2,1-3H3,(H2,35,42)(H,36,44)(H,37,43)(H,38,45)(H,39,41)/t19-,22?,23-,24?,26-/m0/s1. The zero-order chi connectivity index (χ0) is 34.4. The molecule has 15 heteroatoms. The van der Waals surface area contributed by atoms with Crippen LogP contribution >= 0.6 is 0 Å². The highest BCUT2D eigenvalue weighted by Crippen LogP contribution is 2.23. The Morgan fingerprint density at radius 3 is 1.89 bits per heavy atom. The molecule has 5 amide bonds. The number of hydrogen-bond donors (Lipinski definition) is 6. The van der Waals surface area contributed by atoms with Crippen molar-refractivity contribution in [3.63, 3.8) is 0 Å². The molecule has 5 atom stereocenters. The van der Waals surface area contributed by atoms with Crippen LogP contribution in [0.5, 0.6) is 5.75 Å². The number of benzene rings is 2. The summed E-state index contributed by atoms with van der Waals surface area (Å²) in [6.45, 7) is 4.30. The van der Waals surface area contributed by atoms with Gasteiger partial charge in [-0.1, -0.05) is 62.4 Å². The number of primary amides is 1. The third kappa shape index (κ3) is 12.8. The molecule has 0 aliphatic carbocycles. The van der Waals surface area contributed by atoms with Gasteiger partial charge in [-0.3, -0.25) is 24.0 Å². The number of nitrogens with two attached hydrogens (primary N) is 1. The van der Waals surface area contributed by atoms with E-state index >= 15 is 0 Å². The molecule has 0 radical (unpaired) electrons. The summed E-state index contributed by atoms with van der Waals surface area (Å²) in [6.07, 6.45) is -9.13. The van der Waals surface area contributed by atoms with Gasteiger partial charge in [0, 0.05) is 6.42 Å². The first kappa shape index (κ1) is 37.5. The third-order valence-electron chi connectivity index (χ3n) is 6.81. The van der Waals surface area contributed by atoms with E-state index in [9.17, 15) is 42.3 Å². The van der Waals surface area contributed by atoms with E-state index in [1.807, 2.05) is 0 Å². The van der Waals surface area contributed by atoms with Crippen molar-refractivity contribution in [1.82, 2.24) is 21.3 Å². The molecule has 0 aromatic heterocycles. The van der Waals surface area contributed by atoms with Crippen LogP contribution in [0.15, 0.2) is 60.7 Å². The number of aliphatic hydroxyl groups excluding tert-OH is 1. The maximum absolute atomic E-state index is 13.4. The number of aliphatic hydroxyl groups is 1. The van der Waals surface area contributed by atoms with Gasteiger partial charge < -0.3 is 36.8 Å². The topological polar surface area (TPSA) is 189 Å². The summed E-state index contributed by atoms with van der Waals surface area (Å²) in [5.41, 5.74) is 5.88. The van der Waals surface area contributed by atoms with Crippen molar-refractivity contribution in [3.05, 3.63) is 66.2 Å². The number of halogens is 3. The number of amides is 5. The van der Waals surface area contributed by atoms with Crippen LogP contribution in [-0.2, 0) is 30.4 Å². The highest BCUT2D eigenvalue weighted by molar-refractivity contribution is 5.95. The molecule has 0 bridgehead atoms. The van der Waals surface area contributed by atoms with Gasteiger partial charge in [0.2, 0.25) is 23.6 Å². The fourth-order valence-electron chi connectivity index (χ4n) is 4.19. The highest BCUT2D eigenvalue weighted by Gasteiger charge is 2.39.